The summed E-state index contributed by atoms with van der Waals surface area (Å²) in [5.74, 6) is 0.761. The molecule has 5 heteroatoms. The lowest BCUT2D eigenvalue weighted by Crippen LogP contribution is -2.03. The monoisotopic (exact) mass is 418 g/mol. The van der Waals surface area contributed by atoms with E-state index in [4.69, 9.17) is 16.3 Å². The van der Waals surface area contributed by atoms with Crippen molar-refractivity contribution < 1.29 is 9.84 Å². The Kier molecular flexibility index (Phi) is 5.49. The Morgan fingerprint density at radius 3 is 2.60 bits per heavy atom. The van der Waals surface area contributed by atoms with Gasteiger partial charge in [-0.3, -0.25) is 0 Å². The third-order valence-electron chi connectivity index (χ3n) is 2.99. The van der Waals surface area contributed by atoms with Crippen LogP contribution in [-0.4, -0.2) is 12.2 Å². The van der Waals surface area contributed by atoms with Crippen LogP contribution in [0.1, 0.15) is 17.2 Å². The molecule has 0 spiro atoms. The lowest BCUT2D eigenvalue weighted by atomic mass is 10.0. The molecule has 0 aliphatic rings. The van der Waals surface area contributed by atoms with Gasteiger partial charge in [-0.05, 0) is 41.5 Å². The van der Waals surface area contributed by atoms with Gasteiger partial charge in [0.2, 0.25) is 0 Å². The molecule has 0 aromatic heterocycles. The second-order valence-corrected chi connectivity index (χ2v) is 6.52. The van der Waals surface area contributed by atoms with E-state index in [0.29, 0.717) is 17.0 Å². The Morgan fingerprint density at radius 1 is 1.20 bits per heavy atom. The van der Waals surface area contributed by atoms with Gasteiger partial charge in [0, 0.05) is 20.4 Å². The summed E-state index contributed by atoms with van der Waals surface area (Å²) >= 11 is 13.0. The van der Waals surface area contributed by atoms with Crippen LogP contribution in [0.2, 0.25) is 5.02 Å². The molecule has 0 saturated heterocycles. The molecule has 2 rings (SSSR count). The summed E-state index contributed by atoms with van der Waals surface area (Å²) in [6.45, 7) is 0. The minimum Gasteiger partial charge on any atom is -0.497 e. The van der Waals surface area contributed by atoms with Crippen LogP contribution in [0, 0.1) is 0 Å². The molecule has 0 aliphatic carbocycles. The predicted octanol–water partition coefficient (Wildman–Crippen LogP) is 5.15. The molecular weight excluding hydrogens is 407 g/mol. The number of hydrogen-bond donors (Lipinski definition) is 1. The van der Waals surface area contributed by atoms with E-state index in [2.05, 4.69) is 31.9 Å². The molecule has 1 atom stereocenters. The average Bonchev–Trinajstić information content (AvgIpc) is 2.41. The first-order chi connectivity index (χ1) is 9.51. The van der Waals surface area contributed by atoms with Gasteiger partial charge in [0.1, 0.15) is 5.75 Å². The third-order valence-corrected chi connectivity index (χ3v) is 4.58. The molecule has 0 fully saturated rings. The van der Waals surface area contributed by atoms with Crippen molar-refractivity contribution in [2.45, 2.75) is 12.5 Å². The fourth-order valence-electron chi connectivity index (χ4n) is 1.92. The van der Waals surface area contributed by atoms with E-state index in [1.165, 1.54) is 0 Å². The van der Waals surface area contributed by atoms with Crippen molar-refractivity contribution in [3.05, 3.63) is 61.5 Å². The molecule has 20 heavy (non-hydrogen) atoms. The van der Waals surface area contributed by atoms with Gasteiger partial charge in [-0.25, -0.2) is 0 Å². The Balaban J connectivity index is 2.25. The zero-order valence-corrected chi connectivity index (χ0v) is 14.7. The van der Waals surface area contributed by atoms with E-state index in [9.17, 15) is 5.11 Å². The molecule has 0 heterocycles. The molecule has 0 radical (unpaired) electrons. The molecule has 106 valence electrons. The minimum atomic E-state index is -0.668. The molecule has 2 aromatic carbocycles. The van der Waals surface area contributed by atoms with Crippen LogP contribution in [0.25, 0.3) is 0 Å². The number of aliphatic hydroxyl groups is 1. The number of benzene rings is 2. The van der Waals surface area contributed by atoms with Gasteiger partial charge in [-0.1, -0.05) is 49.5 Å². The molecule has 0 saturated carbocycles. The first-order valence-corrected chi connectivity index (χ1v) is 7.93. The molecule has 0 aliphatic heterocycles. The van der Waals surface area contributed by atoms with E-state index in [1.807, 2.05) is 30.3 Å². The average molecular weight is 421 g/mol. The number of rotatable bonds is 4. The molecule has 2 aromatic rings. The van der Waals surface area contributed by atoms with Crippen molar-refractivity contribution >= 4 is 43.5 Å². The zero-order chi connectivity index (χ0) is 14.7. The van der Waals surface area contributed by atoms with Gasteiger partial charge in [-0.15, -0.1) is 0 Å². The number of methoxy groups -OCH3 is 1. The molecule has 1 N–H and O–H groups in total. The maximum atomic E-state index is 10.4. The summed E-state index contributed by atoms with van der Waals surface area (Å²) in [5, 5.41) is 10.9. The largest absolute Gasteiger partial charge is 0.497 e. The topological polar surface area (TPSA) is 29.5 Å². The van der Waals surface area contributed by atoms with E-state index in [1.54, 1.807) is 13.2 Å². The molecular formula is C15H13Br2ClO2. The van der Waals surface area contributed by atoms with Crippen molar-refractivity contribution in [1.29, 1.82) is 0 Å². The van der Waals surface area contributed by atoms with Crippen LogP contribution >= 0.6 is 43.5 Å². The van der Waals surface area contributed by atoms with Crippen LogP contribution in [0.5, 0.6) is 5.75 Å². The number of halogens is 3. The third kappa shape index (κ3) is 3.76. The summed E-state index contributed by atoms with van der Waals surface area (Å²) in [4.78, 5) is 0. The lowest BCUT2D eigenvalue weighted by Gasteiger charge is -2.15. The van der Waals surface area contributed by atoms with Gasteiger partial charge in [0.25, 0.3) is 0 Å². The number of hydrogen-bond acceptors (Lipinski definition) is 2. The van der Waals surface area contributed by atoms with Gasteiger partial charge in [-0.2, -0.15) is 0 Å². The van der Waals surface area contributed by atoms with Gasteiger partial charge in [0.15, 0.2) is 0 Å². The van der Waals surface area contributed by atoms with E-state index >= 15 is 0 Å². The second-order valence-electron chi connectivity index (χ2n) is 4.34. The van der Waals surface area contributed by atoms with Crippen LogP contribution in [0.4, 0.5) is 0 Å². The van der Waals surface area contributed by atoms with Crippen LogP contribution < -0.4 is 4.74 Å². The summed E-state index contributed by atoms with van der Waals surface area (Å²) in [5.41, 5.74) is 1.68. The highest BCUT2D eigenvalue weighted by Gasteiger charge is 2.14. The van der Waals surface area contributed by atoms with Crippen LogP contribution in [-0.2, 0) is 6.42 Å². The predicted molar refractivity (Wildman–Crippen MR) is 88.5 cm³/mol. The first kappa shape index (κ1) is 15.8. The molecule has 0 amide bonds. The van der Waals surface area contributed by atoms with Gasteiger partial charge in [0.05, 0.1) is 13.2 Å². The van der Waals surface area contributed by atoms with Crippen molar-refractivity contribution in [2.75, 3.05) is 7.11 Å². The minimum absolute atomic E-state index is 0.457. The maximum Gasteiger partial charge on any atom is 0.119 e. The SMILES string of the molecule is COc1ccc(Br)c(CC(O)c2ccc(Br)cc2Cl)c1. The summed E-state index contributed by atoms with van der Waals surface area (Å²) in [6.07, 6.45) is -0.210. The molecule has 0 bridgehead atoms. The Morgan fingerprint density at radius 2 is 1.95 bits per heavy atom. The fourth-order valence-corrected chi connectivity index (χ4v) is 3.13. The Labute approximate surface area is 140 Å². The van der Waals surface area contributed by atoms with Crippen molar-refractivity contribution in [3.63, 3.8) is 0 Å². The number of ether oxygens (including phenoxy) is 1. The number of aliphatic hydroxyl groups excluding tert-OH is 1. The first-order valence-electron chi connectivity index (χ1n) is 5.96. The van der Waals surface area contributed by atoms with Crippen LogP contribution in [0.3, 0.4) is 0 Å². The highest BCUT2D eigenvalue weighted by atomic mass is 79.9. The summed E-state index contributed by atoms with van der Waals surface area (Å²) in [6, 6.07) is 11.1. The van der Waals surface area contributed by atoms with E-state index in [0.717, 1.165) is 20.3 Å². The van der Waals surface area contributed by atoms with E-state index < -0.39 is 6.10 Å². The smallest absolute Gasteiger partial charge is 0.119 e. The molecule has 1 unspecified atom stereocenters. The van der Waals surface area contributed by atoms with E-state index in [-0.39, 0.29) is 0 Å². The van der Waals surface area contributed by atoms with Gasteiger partial charge >= 0.3 is 0 Å². The highest BCUT2D eigenvalue weighted by Crippen LogP contribution is 2.31. The van der Waals surface area contributed by atoms with Crippen molar-refractivity contribution in [1.82, 2.24) is 0 Å². The standard InChI is InChI=1S/C15H13Br2ClO2/c1-20-11-3-5-13(17)9(6-11)7-15(19)12-4-2-10(16)8-14(12)18/h2-6,8,15,19H,7H2,1H3. The summed E-state index contributed by atoms with van der Waals surface area (Å²) < 4.78 is 7.03. The maximum absolute atomic E-state index is 10.4. The fraction of sp³-hybridized carbons (Fsp3) is 0.200. The van der Waals surface area contributed by atoms with Crippen LogP contribution in [0.15, 0.2) is 45.3 Å². The molecule has 2 nitrogen and oxygen atoms in total. The van der Waals surface area contributed by atoms with Crippen molar-refractivity contribution in [2.24, 2.45) is 0 Å². The quantitative estimate of drug-likeness (QED) is 0.741. The zero-order valence-electron chi connectivity index (χ0n) is 10.7. The Bertz CT molecular complexity index is 617. The van der Waals surface area contributed by atoms with Crippen molar-refractivity contribution in [3.8, 4) is 5.75 Å². The Hall–Kier alpha value is -0.550. The second kappa shape index (κ2) is 6.94. The normalized spacial score (nSPS) is 12.2. The highest BCUT2D eigenvalue weighted by molar-refractivity contribution is 9.10. The lowest BCUT2D eigenvalue weighted by molar-refractivity contribution is 0.178. The van der Waals surface area contributed by atoms with Gasteiger partial charge < -0.3 is 9.84 Å². The summed E-state index contributed by atoms with van der Waals surface area (Å²) in [7, 11) is 1.62.